The van der Waals surface area contributed by atoms with E-state index in [9.17, 15) is 0 Å². The summed E-state index contributed by atoms with van der Waals surface area (Å²) in [6.45, 7) is 3.66. The Morgan fingerprint density at radius 3 is 2.38 bits per heavy atom. The molecule has 0 spiro atoms. The van der Waals surface area contributed by atoms with Crippen molar-refractivity contribution in [1.82, 2.24) is 4.90 Å². The number of ether oxygens (including phenoxy) is 1. The Labute approximate surface area is 126 Å². The quantitative estimate of drug-likeness (QED) is 0.810. The zero-order valence-corrected chi connectivity index (χ0v) is 12.5. The molecule has 2 aromatic carbocycles. The molecule has 0 aliphatic rings. The average molecular weight is 280 g/mol. The van der Waals surface area contributed by atoms with E-state index < -0.39 is 0 Å². The van der Waals surface area contributed by atoms with Crippen LogP contribution in [0, 0.1) is 11.3 Å². The van der Waals surface area contributed by atoms with Crippen molar-refractivity contribution in [2.75, 3.05) is 20.2 Å². The highest BCUT2D eigenvalue weighted by atomic mass is 16.5. The fraction of sp³-hybridized carbons (Fsp3) is 0.278. The first-order chi connectivity index (χ1) is 10.2. The molecule has 0 N–H and O–H groups in total. The minimum atomic E-state index is 0.357. The fourth-order valence-electron chi connectivity index (χ4n) is 2.11. The summed E-state index contributed by atoms with van der Waals surface area (Å²) in [4.78, 5) is 2.26. The minimum Gasteiger partial charge on any atom is -0.492 e. The van der Waals surface area contributed by atoms with Crippen molar-refractivity contribution in [3.05, 3.63) is 65.7 Å². The van der Waals surface area contributed by atoms with Gasteiger partial charge in [0.1, 0.15) is 12.4 Å². The molecule has 3 heteroatoms. The Morgan fingerprint density at radius 2 is 1.76 bits per heavy atom. The molecule has 0 amide bonds. The predicted molar refractivity (Wildman–Crippen MR) is 84.1 cm³/mol. The second kappa shape index (κ2) is 7.47. The van der Waals surface area contributed by atoms with E-state index in [1.807, 2.05) is 18.2 Å². The summed E-state index contributed by atoms with van der Waals surface area (Å²) in [5, 5.41) is 8.75. The van der Waals surface area contributed by atoms with Crippen LogP contribution in [0.4, 0.5) is 0 Å². The van der Waals surface area contributed by atoms with Gasteiger partial charge in [0.15, 0.2) is 0 Å². The summed E-state index contributed by atoms with van der Waals surface area (Å²) in [6, 6.07) is 20.1. The van der Waals surface area contributed by atoms with Gasteiger partial charge < -0.3 is 4.74 Å². The lowest BCUT2D eigenvalue weighted by molar-refractivity contribution is 0.201. The van der Waals surface area contributed by atoms with Crippen LogP contribution in [0.2, 0.25) is 0 Å². The van der Waals surface area contributed by atoms with Crippen LogP contribution in [0.3, 0.4) is 0 Å². The number of hydrogen-bond acceptors (Lipinski definition) is 3. The van der Waals surface area contributed by atoms with E-state index in [2.05, 4.69) is 49.2 Å². The van der Waals surface area contributed by atoms with Gasteiger partial charge in [0, 0.05) is 12.6 Å². The first kappa shape index (κ1) is 15.1. The summed E-state index contributed by atoms with van der Waals surface area (Å²) in [7, 11) is 2.10. The molecule has 2 rings (SSSR count). The molecule has 0 saturated heterocycles. The number of hydrogen-bond donors (Lipinski definition) is 0. The Balaban J connectivity index is 1.81. The molecule has 0 fully saturated rings. The van der Waals surface area contributed by atoms with Gasteiger partial charge in [-0.15, -0.1) is 0 Å². The largest absolute Gasteiger partial charge is 0.492 e. The van der Waals surface area contributed by atoms with Crippen molar-refractivity contribution in [1.29, 1.82) is 5.26 Å². The van der Waals surface area contributed by atoms with Gasteiger partial charge in [-0.05, 0) is 43.8 Å². The highest BCUT2D eigenvalue weighted by Gasteiger charge is 2.10. The topological polar surface area (TPSA) is 36.3 Å². The van der Waals surface area contributed by atoms with Crippen molar-refractivity contribution < 1.29 is 4.74 Å². The van der Waals surface area contributed by atoms with Gasteiger partial charge in [0.2, 0.25) is 0 Å². The fourth-order valence-corrected chi connectivity index (χ4v) is 2.11. The van der Waals surface area contributed by atoms with Crippen molar-refractivity contribution in [2.45, 2.75) is 13.0 Å². The van der Waals surface area contributed by atoms with Crippen LogP contribution in [-0.4, -0.2) is 25.1 Å². The molecule has 0 unspecified atom stereocenters. The van der Waals surface area contributed by atoms with E-state index in [-0.39, 0.29) is 0 Å². The third-order valence-electron chi connectivity index (χ3n) is 3.64. The number of benzene rings is 2. The van der Waals surface area contributed by atoms with Crippen molar-refractivity contribution >= 4 is 0 Å². The molecule has 0 bridgehead atoms. The number of likely N-dealkylation sites (N-methyl/N-ethyl adjacent to an activating group) is 1. The van der Waals surface area contributed by atoms with E-state index in [0.717, 1.165) is 12.3 Å². The first-order valence-electron chi connectivity index (χ1n) is 7.09. The summed E-state index contributed by atoms with van der Waals surface area (Å²) in [5.74, 6) is 0.801. The Bertz CT molecular complexity index is 587. The monoisotopic (exact) mass is 280 g/mol. The summed E-state index contributed by atoms with van der Waals surface area (Å²) < 4.78 is 5.71. The van der Waals surface area contributed by atoms with Gasteiger partial charge >= 0.3 is 0 Å². The van der Waals surface area contributed by atoms with E-state index >= 15 is 0 Å². The van der Waals surface area contributed by atoms with E-state index in [0.29, 0.717) is 18.2 Å². The number of nitrogens with zero attached hydrogens (tertiary/aromatic N) is 2. The van der Waals surface area contributed by atoms with E-state index in [1.54, 1.807) is 12.1 Å². The molecular formula is C18H20N2O. The third kappa shape index (κ3) is 4.34. The zero-order chi connectivity index (χ0) is 15.1. The highest BCUT2D eigenvalue weighted by molar-refractivity contribution is 5.34. The Morgan fingerprint density at radius 1 is 1.10 bits per heavy atom. The zero-order valence-electron chi connectivity index (χ0n) is 12.5. The normalized spacial score (nSPS) is 11.9. The van der Waals surface area contributed by atoms with E-state index in [4.69, 9.17) is 10.00 Å². The molecule has 0 heterocycles. The molecule has 1 atom stereocenters. The highest BCUT2D eigenvalue weighted by Crippen LogP contribution is 2.18. The maximum atomic E-state index is 8.75. The lowest BCUT2D eigenvalue weighted by Gasteiger charge is -2.25. The van der Waals surface area contributed by atoms with Crippen molar-refractivity contribution in [3.8, 4) is 11.8 Å². The predicted octanol–water partition coefficient (Wildman–Crippen LogP) is 3.63. The molecule has 3 nitrogen and oxygen atoms in total. The minimum absolute atomic E-state index is 0.357. The standard InChI is InChI=1S/C18H20N2O/c1-15(17-6-4-3-5-7-17)20(2)12-13-21-18-10-8-16(14-19)9-11-18/h3-11,15H,12-13H2,1-2H3/t15-/m0/s1. The average Bonchev–Trinajstić information content (AvgIpc) is 2.55. The molecule has 21 heavy (non-hydrogen) atoms. The third-order valence-corrected chi connectivity index (χ3v) is 3.64. The molecule has 2 aromatic rings. The van der Waals surface area contributed by atoms with Gasteiger partial charge in [-0.1, -0.05) is 30.3 Å². The summed E-state index contributed by atoms with van der Waals surface area (Å²) in [6.07, 6.45) is 0. The second-order valence-corrected chi connectivity index (χ2v) is 5.05. The number of nitriles is 1. The Hall–Kier alpha value is -2.31. The van der Waals surface area contributed by atoms with Crippen molar-refractivity contribution in [2.24, 2.45) is 0 Å². The molecule has 108 valence electrons. The summed E-state index contributed by atoms with van der Waals surface area (Å²) >= 11 is 0. The van der Waals surface area contributed by atoms with Gasteiger partial charge in [-0.25, -0.2) is 0 Å². The van der Waals surface area contributed by atoms with E-state index in [1.165, 1.54) is 5.56 Å². The van der Waals surface area contributed by atoms with Crippen LogP contribution in [0.5, 0.6) is 5.75 Å². The van der Waals surface area contributed by atoms with Gasteiger partial charge in [-0.3, -0.25) is 4.90 Å². The van der Waals surface area contributed by atoms with Crippen molar-refractivity contribution in [3.63, 3.8) is 0 Å². The van der Waals surface area contributed by atoms with Gasteiger partial charge in [-0.2, -0.15) is 5.26 Å². The van der Waals surface area contributed by atoms with Crippen LogP contribution in [0.25, 0.3) is 0 Å². The van der Waals surface area contributed by atoms with Crippen LogP contribution < -0.4 is 4.74 Å². The van der Waals surface area contributed by atoms with Crippen LogP contribution >= 0.6 is 0 Å². The summed E-state index contributed by atoms with van der Waals surface area (Å²) in [5.41, 5.74) is 1.95. The second-order valence-electron chi connectivity index (χ2n) is 5.05. The smallest absolute Gasteiger partial charge is 0.119 e. The lowest BCUT2D eigenvalue weighted by Crippen LogP contribution is -2.27. The maximum Gasteiger partial charge on any atom is 0.119 e. The van der Waals surface area contributed by atoms with Gasteiger partial charge in [0.05, 0.1) is 11.6 Å². The first-order valence-corrected chi connectivity index (χ1v) is 7.09. The maximum absolute atomic E-state index is 8.75. The van der Waals surface area contributed by atoms with Crippen LogP contribution in [-0.2, 0) is 0 Å². The Kier molecular flexibility index (Phi) is 5.36. The molecule has 0 radical (unpaired) electrons. The van der Waals surface area contributed by atoms with Crippen LogP contribution in [0.1, 0.15) is 24.1 Å². The molecule has 0 aromatic heterocycles. The molecule has 0 aliphatic heterocycles. The molecular weight excluding hydrogens is 260 g/mol. The molecule has 0 aliphatic carbocycles. The van der Waals surface area contributed by atoms with Crippen LogP contribution in [0.15, 0.2) is 54.6 Å². The lowest BCUT2D eigenvalue weighted by atomic mass is 10.1. The number of rotatable bonds is 6. The molecule has 0 saturated carbocycles. The van der Waals surface area contributed by atoms with Gasteiger partial charge in [0.25, 0.3) is 0 Å². The SMILES string of the molecule is C[C@@H](c1ccccc1)N(C)CCOc1ccc(C#N)cc1.